The quantitative estimate of drug-likeness (QED) is 0.868. The first-order chi connectivity index (χ1) is 10.1. The molecule has 2 rings (SSSR count). The van der Waals surface area contributed by atoms with Crippen molar-refractivity contribution in [1.82, 2.24) is 0 Å². The minimum absolute atomic E-state index is 0.00888. The third-order valence-electron chi connectivity index (χ3n) is 4.84. The van der Waals surface area contributed by atoms with Gasteiger partial charge in [-0.05, 0) is 18.4 Å². The smallest absolute Gasteiger partial charge is 0.263 e. The number of hydrogen-bond donors (Lipinski definition) is 2. The summed E-state index contributed by atoms with van der Waals surface area (Å²) in [5.41, 5.74) is 6.37. The molecule has 0 aliphatic heterocycles. The highest BCUT2D eigenvalue weighted by Gasteiger charge is 2.37. The lowest BCUT2D eigenvalue weighted by atomic mass is 9.70. The summed E-state index contributed by atoms with van der Waals surface area (Å²) in [5, 5.41) is 10.8. The van der Waals surface area contributed by atoms with Crippen LogP contribution in [0.4, 0.5) is 8.78 Å². The molecule has 0 spiro atoms. The predicted octanol–water partition coefficient (Wildman–Crippen LogP) is 4.35. The van der Waals surface area contributed by atoms with Gasteiger partial charge in [-0.1, -0.05) is 56.4 Å². The summed E-state index contributed by atoms with van der Waals surface area (Å²) in [6, 6.07) is 6.03. The molecule has 0 radical (unpaired) electrons. The summed E-state index contributed by atoms with van der Waals surface area (Å²) >= 11 is 0. The number of alkyl halides is 2. The van der Waals surface area contributed by atoms with E-state index in [2.05, 4.69) is 0 Å². The van der Waals surface area contributed by atoms with Gasteiger partial charge >= 0.3 is 0 Å². The highest BCUT2D eigenvalue weighted by Crippen LogP contribution is 2.43. The molecule has 0 amide bonds. The average Bonchev–Trinajstić information content (AvgIpc) is 2.47. The van der Waals surface area contributed by atoms with E-state index in [1.807, 2.05) is 0 Å². The number of aliphatic hydroxyl groups is 1. The normalized spacial score (nSPS) is 20.8. The maximum absolute atomic E-state index is 12.6. The van der Waals surface area contributed by atoms with Crippen molar-refractivity contribution in [3.63, 3.8) is 0 Å². The van der Waals surface area contributed by atoms with Gasteiger partial charge in [-0.15, -0.1) is 0 Å². The Hall–Kier alpha value is -1.00. The van der Waals surface area contributed by atoms with Crippen LogP contribution < -0.4 is 5.73 Å². The second kappa shape index (κ2) is 7.32. The van der Waals surface area contributed by atoms with E-state index < -0.39 is 12.5 Å². The molecule has 1 aliphatic carbocycles. The van der Waals surface area contributed by atoms with Crippen molar-refractivity contribution in [3.8, 4) is 0 Å². The number of halogens is 2. The van der Waals surface area contributed by atoms with Gasteiger partial charge in [0.15, 0.2) is 0 Å². The monoisotopic (exact) mass is 297 g/mol. The third kappa shape index (κ3) is 3.80. The Bertz CT molecular complexity index is 425. The first kappa shape index (κ1) is 16.4. The van der Waals surface area contributed by atoms with Gasteiger partial charge in [0.1, 0.15) is 0 Å². The third-order valence-corrected chi connectivity index (χ3v) is 4.84. The Labute approximate surface area is 125 Å². The van der Waals surface area contributed by atoms with Gasteiger partial charge in [0.2, 0.25) is 0 Å². The van der Waals surface area contributed by atoms with Gasteiger partial charge in [-0.25, -0.2) is 8.78 Å². The van der Waals surface area contributed by atoms with Crippen LogP contribution >= 0.6 is 0 Å². The molecule has 1 aromatic carbocycles. The van der Waals surface area contributed by atoms with Crippen LogP contribution in [0.3, 0.4) is 0 Å². The van der Waals surface area contributed by atoms with Gasteiger partial charge in [0.25, 0.3) is 6.43 Å². The van der Waals surface area contributed by atoms with E-state index in [0.717, 1.165) is 25.7 Å². The highest BCUT2D eigenvalue weighted by molar-refractivity contribution is 5.26. The molecule has 21 heavy (non-hydrogen) atoms. The summed E-state index contributed by atoms with van der Waals surface area (Å²) in [5.74, 6) is 0. The van der Waals surface area contributed by atoms with Crippen molar-refractivity contribution in [2.75, 3.05) is 6.54 Å². The second-order valence-electron chi connectivity index (χ2n) is 6.20. The number of rotatable bonds is 4. The van der Waals surface area contributed by atoms with E-state index in [0.29, 0.717) is 12.1 Å². The SMILES string of the molecule is NCC1(C(O)c2ccc(C(F)F)cc2)CCCCCCC1. The van der Waals surface area contributed by atoms with Crippen LogP contribution in [0.15, 0.2) is 24.3 Å². The molecule has 2 nitrogen and oxygen atoms in total. The molecule has 0 heterocycles. The Balaban J connectivity index is 2.19. The number of hydrogen-bond acceptors (Lipinski definition) is 2. The van der Waals surface area contributed by atoms with Gasteiger partial charge in [-0.3, -0.25) is 0 Å². The predicted molar refractivity (Wildman–Crippen MR) is 80.2 cm³/mol. The van der Waals surface area contributed by atoms with Crippen LogP contribution in [-0.4, -0.2) is 11.7 Å². The summed E-state index contributed by atoms with van der Waals surface area (Å²) in [6.07, 6.45) is 4.42. The van der Waals surface area contributed by atoms with Gasteiger partial charge in [0.05, 0.1) is 6.10 Å². The molecule has 1 atom stereocenters. The molecule has 0 aromatic heterocycles. The number of benzene rings is 1. The summed E-state index contributed by atoms with van der Waals surface area (Å²) in [7, 11) is 0. The minimum atomic E-state index is -2.47. The van der Waals surface area contributed by atoms with Crippen LogP contribution in [-0.2, 0) is 0 Å². The summed E-state index contributed by atoms with van der Waals surface area (Å²) in [4.78, 5) is 0. The van der Waals surface area contributed by atoms with Crippen LogP contribution in [0, 0.1) is 5.41 Å². The lowest BCUT2D eigenvalue weighted by Gasteiger charge is -2.39. The zero-order valence-electron chi connectivity index (χ0n) is 12.4. The van der Waals surface area contributed by atoms with Crippen molar-refractivity contribution in [1.29, 1.82) is 0 Å². The van der Waals surface area contributed by atoms with E-state index in [-0.39, 0.29) is 11.0 Å². The Morgan fingerprint density at radius 3 is 1.90 bits per heavy atom. The Morgan fingerprint density at radius 1 is 0.952 bits per heavy atom. The van der Waals surface area contributed by atoms with Crippen molar-refractivity contribution in [2.24, 2.45) is 11.1 Å². The van der Waals surface area contributed by atoms with E-state index >= 15 is 0 Å². The van der Waals surface area contributed by atoms with Crippen molar-refractivity contribution >= 4 is 0 Å². The molecular weight excluding hydrogens is 272 g/mol. The Morgan fingerprint density at radius 2 is 1.43 bits per heavy atom. The maximum Gasteiger partial charge on any atom is 0.263 e. The zero-order chi connectivity index (χ0) is 15.3. The highest BCUT2D eigenvalue weighted by atomic mass is 19.3. The summed E-state index contributed by atoms with van der Waals surface area (Å²) < 4.78 is 25.2. The fourth-order valence-corrected chi connectivity index (χ4v) is 3.38. The first-order valence-corrected chi connectivity index (χ1v) is 7.85. The molecule has 0 bridgehead atoms. The summed E-state index contributed by atoms with van der Waals surface area (Å²) in [6.45, 7) is 0.435. The molecule has 1 fully saturated rings. The topological polar surface area (TPSA) is 46.2 Å². The van der Waals surface area contributed by atoms with Crippen molar-refractivity contribution in [3.05, 3.63) is 35.4 Å². The lowest BCUT2D eigenvalue weighted by Crippen LogP contribution is -2.37. The van der Waals surface area contributed by atoms with Gasteiger partial charge < -0.3 is 10.8 Å². The number of aliphatic hydroxyl groups excluding tert-OH is 1. The van der Waals surface area contributed by atoms with Gasteiger partial charge in [-0.2, -0.15) is 0 Å². The molecule has 118 valence electrons. The molecular formula is C17H25F2NO. The van der Waals surface area contributed by atoms with Crippen molar-refractivity contribution < 1.29 is 13.9 Å². The molecule has 0 saturated heterocycles. The molecule has 4 heteroatoms. The van der Waals surface area contributed by atoms with Crippen molar-refractivity contribution in [2.45, 2.75) is 57.5 Å². The molecule has 1 aliphatic rings. The first-order valence-electron chi connectivity index (χ1n) is 7.85. The zero-order valence-corrected chi connectivity index (χ0v) is 12.4. The van der Waals surface area contributed by atoms with E-state index in [1.165, 1.54) is 31.4 Å². The molecule has 1 saturated carbocycles. The largest absolute Gasteiger partial charge is 0.388 e. The molecule has 1 unspecified atom stereocenters. The number of nitrogens with two attached hydrogens (primary N) is 1. The van der Waals surface area contributed by atoms with E-state index in [9.17, 15) is 13.9 Å². The molecule has 3 N–H and O–H groups in total. The van der Waals surface area contributed by atoms with Gasteiger partial charge in [0, 0.05) is 17.5 Å². The lowest BCUT2D eigenvalue weighted by molar-refractivity contribution is 0.00843. The Kier molecular flexibility index (Phi) is 5.71. The minimum Gasteiger partial charge on any atom is -0.388 e. The van der Waals surface area contributed by atoms with E-state index in [1.54, 1.807) is 12.1 Å². The average molecular weight is 297 g/mol. The molecule has 1 aromatic rings. The fourth-order valence-electron chi connectivity index (χ4n) is 3.38. The van der Waals surface area contributed by atoms with E-state index in [4.69, 9.17) is 5.73 Å². The van der Waals surface area contributed by atoms with Crippen LogP contribution in [0.2, 0.25) is 0 Å². The fraction of sp³-hybridized carbons (Fsp3) is 0.647. The standard InChI is InChI=1S/C17H25F2NO/c18-16(19)14-8-6-13(7-9-14)15(21)17(12-20)10-4-2-1-3-5-11-17/h6-9,15-16,21H,1-5,10-12,20H2. The van der Waals surface area contributed by atoms with Crippen LogP contribution in [0.25, 0.3) is 0 Å². The maximum atomic E-state index is 12.6. The van der Waals surface area contributed by atoms with Crippen LogP contribution in [0.1, 0.15) is 68.6 Å². The van der Waals surface area contributed by atoms with Crippen LogP contribution in [0.5, 0.6) is 0 Å². The second-order valence-corrected chi connectivity index (χ2v) is 6.20.